The van der Waals surface area contributed by atoms with Crippen LogP contribution in [0.15, 0.2) is 77.7 Å². The van der Waals surface area contributed by atoms with E-state index in [0.717, 1.165) is 25.0 Å². The van der Waals surface area contributed by atoms with Crippen molar-refractivity contribution in [3.63, 3.8) is 0 Å². The molecule has 1 aliphatic rings. The molecule has 0 heterocycles. The van der Waals surface area contributed by atoms with Gasteiger partial charge in [0, 0.05) is 5.56 Å². The van der Waals surface area contributed by atoms with Gasteiger partial charge >= 0.3 is 5.97 Å². The first-order chi connectivity index (χ1) is 16.8. The van der Waals surface area contributed by atoms with Gasteiger partial charge in [-0.1, -0.05) is 61.7 Å². The molecule has 0 bridgehead atoms. The van der Waals surface area contributed by atoms with E-state index in [1.807, 2.05) is 12.1 Å². The number of anilines is 1. The van der Waals surface area contributed by atoms with Crippen LogP contribution < -0.4 is 4.72 Å². The molecule has 0 aromatic heterocycles. The number of ether oxygens (including phenoxy) is 1. The maximum atomic E-state index is 13.8. The molecule has 8 heteroatoms. The second kappa shape index (κ2) is 10.8. The Hall–Kier alpha value is -3.52. The van der Waals surface area contributed by atoms with E-state index in [1.165, 1.54) is 61.2 Å². The fourth-order valence-electron chi connectivity index (χ4n) is 4.21. The third kappa shape index (κ3) is 6.14. The highest BCUT2D eigenvalue weighted by atomic mass is 32.2. The lowest BCUT2D eigenvalue weighted by Crippen LogP contribution is -2.16. The molecule has 0 unspecified atom stereocenters. The van der Waals surface area contributed by atoms with Crippen molar-refractivity contribution in [1.82, 2.24) is 0 Å². The van der Waals surface area contributed by atoms with Crippen molar-refractivity contribution in [1.29, 1.82) is 0 Å². The summed E-state index contributed by atoms with van der Waals surface area (Å²) in [6.07, 6.45) is 6.05. The van der Waals surface area contributed by atoms with Crippen molar-refractivity contribution in [2.75, 3.05) is 11.3 Å². The maximum absolute atomic E-state index is 13.8. The molecule has 0 spiro atoms. The summed E-state index contributed by atoms with van der Waals surface area (Å²) in [4.78, 5) is 24.8. The lowest BCUT2D eigenvalue weighted by molar-refractivity contribution is 0.0474. The van der Waals surface area contributed by atoms with Gasteiger partial charge in [-0.3, -0.25) is 9.52 Å². The molecule has 1 fully saturated rings. The molecule has 1 aliphatic carbocycles. The molecular weight excluding hydrogens is 469 g/mol. The minimum Gasteiger partial charge on any atom is -0.454 e. The number of halogens is 1. The summed E-state index contributed by atoms with van der Waals surface area (Å²) in [7, 11) is -4.14. The molecule has 35 heavy (non-hydrogen) atoms. The fourth-order valence-corrected chi connectivity index (χ4v) is 5.33. The van der Waals surface area contributed by atoms with Crippen LogP contribution >= 0.6 is 0 Å². The predicted molar refractivity (Wildman–Crippen MR) is 131 cm³/mol. The van der Waals surface area contributed by atoms with Crippen LogP contribution in [0.3, 0.4) is 0 Å². The Morgan fingerprint density at radius 1 is 0.886 bits per heavy atom. The van der Waals surface area contributed by atoms with Crippen molar-refractivity contribution in [3.05, 3.63) is 95.3 Å². The zero-order valence-electron chi connectivity index (χ0n) is 19.1. The highest BCUT2D eigenvalue weighted by Gasteiger charge is 2.20. The number of para-hydroxylation sites is 1. The van der Waals surface area contributed by atoms with Crippen LogP contribution in [0.2, 0.25) is 0 Å². The largest absolute Gasteiger partial charge is 0.454 e. The lowest BCUT2D eigenvalue weighted by atomic mass is 9.84. The molecule has 0 amide bonds. The smallest absolute Gasteiger partial charge is 0.338 e. The highest BCUT2D eigenvalue weighted by molar-refractivity contribution is 7.92. The van der Waals surface area contributed by atoms with E-state index in [2.05, 4.69) is 4.72 Å². The molecule has 0 radical (unpaired) electrons. The number of carbonyl (C=O) groups excluding carboxylic acids is 2. The number of sulfonamides is 1. The van der Waals surface area contributed by atoms with Crippen molar-refractivity contribution in [2.45, 2.75) is 42.9 Å². The summed E-state index contributed by atoms with van der Waals surface area (Å²) in [5.74, 6) is -1.38. The van der Waals surface area contributed by atoms with E-state index in [9.17, 15) is 22.4 Å². The maximum Gasteiger partial charge on any atom is 0.338 e. The number of esters is 1. The third-order valence-electron chi connectivity index (χ3n) is 6.14. The molecule has 1 N–H and O–H groups in total. The van der Waals surface area contributed by atoms with Crippen molar-refractivity contribution in [3.8, 4) is 0 Å². The summed E-state index contributed by atoms with van der Waals surface area (Å²) in [5, 5.41) is 0. The summed E-state index contributed by atoms with van der Waals surface area (Å²) in [5.41, 5.74) is 1.42. The number of hydrogen-bond donors (Lipinski definition) is 1. The molecule has 0 atom stereocenters. The standard InChI is InChI=1S/C27H26FNO5S/c28-24-11-4-5-12-25(24)29-35(32,33)23-10-6-9-22(17-23)27(31)34-18-26(30)21-15-13-20(14-16-21)19-7-2-1-3-8-19/h4-6,9-17,19,29H,1-3,7-8,18H2. The van der Waals surface area contributed by atoms with Gasteiger partial charge in [0.2, 0.25) is 0 Å². The molecule has 182 valence electrons. The Balaban J connectivity index is 1.38. The summed E-state index contributed by atoms with van der Waals surface area (Å²) in [6, 6.07) is 17.9. The van der Waals surface area contributed by atoms with Crippen LogP contribution in [0, 0.1) is 5.82 Å². The Morgan fingerprint density at radius 2 is 1.60 bits per heavy atom. The quantitative estimate of drug-likeness (QED) is 0.319. The van der Waals surface area contributed by atoms with Crippen LogP contribution in [-0.2, 0) is 14.8 Å². The minimum absolute atomic E-state index is 0.0399. The Labute approximate surface area is 204 Å². The van der Waals surface area contributed by atoms with Crippen LogP contribution in [0.4, 0.5) is 10.1 Å². The van der Waals surface area contributed by atoms with E-state index in [0.29, 0.717) is 11.5 Å². The summed E-state index contributed by atoms with van der Waals surface area (Å²) >= 11 is 0. The number of benzene rings is 3. The first kappa shape index (κ1) is 24.6. The van der Waals surface area contributed by atoms with Crippen LogP contribution in [0.5, 0.6) is 0 Å². The monoisotopic (exact) mass is 495 g/mol. The average Bonchev–Trinajstić information content (AvgIpc) is 2.89. The van der Waals surface area contributed by atoms with Crippen molar-refractivity contribution >= 4 is 27.5 Å². The molecule has 4 rings (SSSR count). The zero-order chi connectivity index (χ0) is 24.8. The van der Waals surface area contributed by atoms with Gasteiger partial charge in [-0.2, -0.15) is 0 Å². The van der Waals surface area contributed by atoms with E-state index >= 15 is 0 Å². The van der Waals surface area contributed by atoms with Gasteiger partial charge in [0.25, 0.3) is 10.0 Å². The topological polar surface area (TPSA) is 89.5 Å². The number of hydrogen-bond acceptors (Lipinski definition) is 5. The second-order valence-electron chi connectivity index (χ2n) is 8.57. The Kier molecular flexibility index (Phi) is 7.60. The minimum atomic E-state index is -4.14. The SMILES string of the molecule is O=C(COC(=O)c1cccc(S(=O)(=O)Nc2ccccc2F)c1)c1ccc(C2CCCCC2)cc1. The molecule has 3 aromatic rings. The van der Waals surface area contributed by atoms with Crippen LogP contribution in [0.1, 0.15) is 64.3 Å². The first-order valence-electron chi connectivity index (χ1n) is 11.5. The van der Waals surface area contributed by atoms with Crippen LogP contribution in [-0.4, -0.2) is 26.8 Å². The number of nitrogens with one attached hydrogen (secondary N) is 1. The van der Waals surface area contributed by atoms with Gasteiger partial charge in [0.15, 0.2) is 12.4 Å². The zero-order valence-corrected chi connectivity index (χ0v) is 19.9. The van der Waals surface area contributed by atoms with E-state index in [-0.39, 0.29) is 21.9 Å². The molecule has 0 aliphatic heterocycles. The molecule has 3 aromatic carbocycles. The highest BCUT2D eigenvalue weighted by Crippen LogP contribution is 2.32. The molecule has 0 saturated heterocycles. The number of Topliss-reactive ketones (excluding diaryl/α,β-unsaturated/α-hetero) is 1. The second-order valence-corrected chi connectivity index (χ2v) is 10.3. The van der Waals surface area contributed by atoms with Gasteiger partial charge in [0.05, 0.1) is 16.1 Å². The molecule has 6 nitrogen and oxygen atoms in total. The molecular formula is C27H26FNO5S. The first-order valence-corrected chi connectivity index (χ1v) is 13.0. The molecule has 1 saturated carbocycles. The van der Waals surface area contributed by atoms with Gasteiger partial charge < -0.3 is 4.74 Å². The number of carbonyl (C=O) groups is 2. The summed E-state index contributed by atoms with van der Waals surface area (Å²) in [6.45, 7) is -0.466. The normalized spacial score (nSPS) is 14.3. The van der Waals surface area contributed by atoms with Crippen LogP contribution in [0.25, 0.3) is 0 Å². The van der Waals surface area contributed by atoms with Crippen molar-refractivity contribution < 1.29 is 27.1 Å². The van der Waals surface area contributed by atoms with E-state index in [4.69, 9.17) is 4.74 Å². The van der Waals surface area contributed by atoms with Gasteiger partial charge in [-0.05, 0) is 54.7 Å². The summed E-state index contributed by atoms with van der Waals surface area (Å²) < 4.78 is 46.4. The Bertz CT molecular complexity index is 1320. The fraction of sp³-hybridized carbons (Fsp3) is 0.259. The van der Waals surface area contributed by atoms with E-state index < -0.39 is 28.4 Å². The number of ketones is 1. The third-order valence-corrected chi connectivity index (χ3v) is 7.50. The Morgan fingerprint density at radius 3 is 2.31 bits per heavy atom. The average molecular weight is 496 g/mol. The predicted octanol–water partition coefficient (Wildman–Crippen LogP) is 5.71. The van der Waals surface area contributed by atoms with Crippen molar-refractivity contribution in [2.24, 2.45) is 0 Å². The van der Waals surface area contributed by atoms with Gasteiger partial charge in [-0.25, -0.2) is 17.6 Å². The lowest BCUT2D eigenvalue weighted by Gasteiger charge is -2.22. The van der Waals surface area contributed by atoms with Gasteiger partial charge in [0.1, 0.15) is 5.82 Å². The number of rotatable bonds is 8. The van der Waals surface area contributed by atoms with Gasteiger partial charge in [-0.15, -0.1) is 0 Å². The van der Waals surface area contributed by atoms with E-state index in [1.54, 1.807) is 12.1 Å².